The van der Waals surface area contributed by atoms with Gasteiger partial charge >= 0.3 is 0 Å². The third-order valence-corrected chi connectivity index (χ3v) is 6.32. The molecule has 0 aliphatic carbocycles. The Hall–Kier alpha value is -2.25. The molecule has 0 radical (unpaired) electrons. The number of hydrogen-bond acceptors (Lipinski definition) is 4. The number of fused-ring (bicyclic) bond motifs is 2. The molecule has 1 aromatic carbocycles. The van der Waals surface area contributed by atoms with Gasteiger partial charge in [0.15, 0.2) is 0 Å². The van der Waals surface area contributed by atoms with Gasteiger partial charge in [-0.05, 0) is 43.0 Å². The number of nitrogens with one attached hydrogen (secondary N) is 1. The highest BCUT2D eigenvalue weighted by Gasteiger charge is 2.23. The first-order valence-electron chi connectivity index (χ1n) is 8.38. The molecule has 0 saturated carbocycles. The summed E-state index contributed by atoms with van der Waals surface area (Å²) in [6.45, 7) is 3.24. The second-order valence-corrected chi connectivity index (χ2v) is 8.26. The summed E-state index contributed by atoms with van der Waals surface area (Å²) in [6.07, 6.45) is 7.20. The summed E-state index contributed by atoms with van der Waals surface area (Å²) in [7, 11) is -3.58. The Morgan fingerprint density at radius 1 is 1.24 bits per heavy atom. The summed E-state index contributed by atoms with van der Waals surface area (Å²) >= 11 is 0. The number of hydrogen-bond donors (Lipinski definition) is 1. The number of sulfonamides is 1. The van der Waals surface area contributed by atoms with Crippen LogP contribution in [0.4, 0.5) is 0 Å². The van der Waals surface area contributed by atoms with Crippen LogP contribution in [0.15, 0.2) is 47.8 Å². The zero-order valence-corrected chi connectivity index (χ0v) is 14.8. The van der Waals surface area contributed by atoms with Crippen molar-refractivity contribution in [3.8, 4) is 0 Å². The van der Waals surface area contributed by atoms with Crippen LogP contribution in [-0.2, 0) is 23.0 Å². The van der Waals surface area contributed by atoms with Gasteiger partial charge in [-0.25, -0.2) is 18.1 Å². The van der Waals surface area contributed by atoms with Crippen molar-refractivity contribution in [2.45, 2.75) is 31.2 Å². The lowest BCUT2D eigenvalue weighted by atomic mass is 9.98. The molecule has 0 fully saturated rings. The topological polar surface area (TPSA) is 76.9 Å². The quantitative estimate of drug-likeness (QED) is 0.778. The highest BCUT2D eigenvalue weighted by Crippen LogP contribution is 2.25. The molecular formula is C18H20N4O2S. The number of imidazole rings is 1. The number of benzene rings is 1. The van der Waals surface area contributed by atoms with Crippen LogP contribution in [0.3, 0.4) is 0 Å². The molecule has 25 heavy (non-hydrogen) atoms. The van der Waals surface area contributed by atoms with Crippen LogP contribution in [0, 0.1) is 12.8 Å². The molecule has 1 aliphatic heterocycles. The van der Waals surface area contributed by atoms with E-state index in [1.165, 1.54) is 0 Å². The lowest BCUT2D eigenvalue weighted by Crippen LogP contribution is -2.33. The first-order chi connectivity index (χ1) is 12.0. The van der Waals surface area contributed by atoms with Crippen molar-refractivity contribution >= 4 is 20.9 Å². The van der Waals surface area contributed by atoms with Gasteiger partial charge in [0.1, 0.15) is 5.82 Å². The zero-order valence-electron chi connectivity index (χ0n) is 14.0. The highest BCUT2D eigenvalue weighted by atomic mass is 32.2. The lowest BCUT2D eigenvalue weighted by Gasteiger charge is -2.23. The maximum Gasteiger partial charge on any atom is 0.241 e. The van der Waals surface area contributed by atoms with Gasteiger partial charge in [0, 0.05) is 43.5 Å². The van der Waals surface area contributed by atoms with Crippen LogP contribution in [0.5, 0.6) is 0 Å². The molecule has 2 aromatic heterocycles. The maximum absolute atomic E-state index is 12.8. The van der Waals surface area contributed by atoms with Crippen molar-refractivity contribution in [3.05, 3.63) is 54.2 Å². The normalized spacial score (nSPS) is 17.6. The van der Waals surface area contributed by atoms with E-state index in [-0.39, 0.29) is 5.92 Å². The van der Waals surface area contributed by atoms with Gasteiger partial charge in [-0.15, -0.1) is 0 Å². The molecule has 0 bridgehead atoms. The minimum atomic E-state index is -3.58. The Kier molecular flexibility index (Phi) is 4.05. The summed E-state index contributed by atoms with van der Waals surface area (Å²) in [6, 6.07) is 7.04. The van der Waals surface area contributed by atoms with Gasteiger partial charge in [0.05, 0.1) is 10.4 Å². The lowest BCUT2D eigenvalue weighted by molar-refractivity contribution is 0.379. The SMILES string of the molecule is Cc1ccc(S(=O)(=O)NCC2CCn3ccnc3C2)c2cccnc12. The van der Waals surface area contributed by atoms with Crippen molar-refractivity contribution in [2.24, 2.45) is 5.92 Å². The Labute approximate surface area is 147 Å². The Bertz CT molecular complexity index is 1030. The van der Waals surface area contributed by atoms with E-state index in [1.807, 2.05) is 13.1 Å². The van der Waals surface area contributed by atoms with Crippen LogP contribution in [0.1, 0.15) is 17.8 Å². The van der Waals surface area contributed by atoms with Gasteiger partial charge in [-0.3, -0.25) is 4.98 Å². The first kappa shape index (κ1) is 16.2. The molecule has 0 saturated heterocycles. The monoisotopic (exact) mass is 356 g/mol. The first-order valence-corrected chi connectivity index (χ1v) is 9.87. The predicted molar refractivity (Wildman–Crippen MR) is 95.7 cm³/mol. The molecule has 1 unspecified atom stereocenters. The fraction of sp³-hybridized carbons (Fsp3) is 0.333. The molecule has 0 amide bonds. The summed E-state index contributed by atoms with van der Waals surface area (Å²) in [5.41, 5.74) is 1.69. The van der Waals surface area contributed by atoms with Gasteiger partial charge in [0.2, 0.25) is 10.0 Å². The van der Waals surface area contributed by atoms with E-state index in [0.29, 0.717) is 16.8 Å². The fourth-order valence-electron chi connectivity index (χ4n) is 3.42. The third kappa shape index (κ3) is 3.05. The average molecular weight is 356 g/mol. The molecule has 1 atom stereocenters. The van der Waals surface area contributed by atoms with Crippen molar-refractivity contribution in [3.63, 3.8) is 0 Å². The van der Waals surface area contributed by atoms with Crippen LogP contribution >= 0.6 is 0 Å². The van der Waals surface area contributed by atoms with Gasteiger partial charge in [-0.2, -0.15) is 0 Å². The Balaban J connectivity index is 1.56. The fourth-order valence-corrected chi connectivity index (χ4v) is 4.73. The minimum Gasteiger partial charge on any atom is -0.335 e. The number of nitrogens with zero attached hydrogens (tertiary/aromatic N) is 3. The number of aromatic nitrogens is 3. The number of aryl methyl sites for hydroxylation is 2. The van der Waals surface area contributed by atoms with Gasteiger partial charge < -0.3 is 4.57 Å². The highest BCUT2D eigenvalue weighted by molar-refractivity contribution is 7.89. The van der Waals surface area contributed by atoms with E-state index in [2.05, 4.69) is 19.3 Å². The molecular weight excluding hydrogens is 336 g/mol. The number of pyridine rings is 1. The van der Waals surface area contributed by atoms with E-state index < -0.39 is 10.0 Å². The summed E-state index contributed by atoms with van der Waals surface area (Å²) in [5, 5.41) is 0.661. The van der Waals surface area contributed by atoms with Crippen molar-refractivity contribution in [1.82, 2.24) is 19.3 Å². The van der Waals surface area contributed by atoms with Crippen LogP contribution in [-0.4, -0.2) is 29.5 Å². The van der Waals surface area contributed by atoms with Gasteiger partial charge in [0.25, 0.3) is 0 Å². The van der Waals surface area contributed by atoms with Crippen LogP contribution < -0.4 is 4.72 Å². The van der Waals surface area contributed by atoms with E-state index in [0.717, 1.165) is 36.3 Å². The smallest absolute Gasteiger partial charge is 0.241 e. The second-order valence-electron chi connectivity index (χ2n) is 6.53. The van der Waals surface area contributed by atoms with Crippen molar-refractivity contribution < 1.29 is 8.42 Å². The van der Waals surface area contributed by atoms with Crippen molar-refractivity contribution in [2.75, 3.05) is 6.54 Å². The molecule has 1 N–H and O–H groups in total. The molecule has 3 heterocycles. The second kappa shape index (κ2) is 6.24. The van der Waals surface area contributed by atoms with Crippen LogP contribution in [0.2, 0.25) is 0 Å². The molecule has 0 spiro atoms. The number of rotatable bonds is 4. The van der Waals surface area contributed by atoms with E-state index in [1.54, 1.807) is 36.7 Å². The summed E-state index contributed by atoms with van der Waals surface area (Å²) in [5.74, 6) is 1.29. The van der Waals surface area contributed by atoms with Crippen molar-refractivity contribution in [1.29, 1.82) is 0 Å². The van der Waals surface area contributed by atoms with E-state index in [4.69, 9.17) is 0 Å². The molecule has 3 aromatic rings. The molecule has 130 valence electrons. The minimum absolute atomic E-state index is 0.263. The van der Waals surface area contributed by atoms with E-state index >= 15 is 0 Å². The third-order valence-electron chi connectivity index (χ3n) is 4.83. The molecule has 4 rings (SSSR count). The summed E-state index contributed by atoms with van der Waals surface area (Å²) < 4.78 is 30.6. The summed E-state index contributed by atoms with van der Waals surface area (Å²) in [4.78, 5) is 8.95. The maximum atomic E-state index is 12.8. The van der Waals surface area contributed by atoms with Crippen LogP contribution in [0.25, 0.3) is 10.9 Å². The Morgan fingerprint density at radius 3 is 3.00 bits per heavy atom. The molecule has 7 heteroatoms. The van der Waals surface area contributed by atoms with E-state index in [9.17, 15) is 8.42 Å². The molecule has 6 nitrogen and oxygen atoms in total. The predicted octanol–water partition coefficient (Wildman–Crippen LogP) is 2.28. The average Bonchev–Trinajstić information content (AvgIpc) is 3.08. The van der Waals surface area contributed by atoms with Gasteiger partial charge in [-0.1, -0.05) is 6.07 Å². The zero-order chi connectivity index (χ0) is 17.4. The Morgan fingerprint density at radius 2 is 2.12 bits per heavy atom. The largest absolute Gasteiger partial charge is 0.335 e. The molecule has 1 aliphatic rings. The standard InChI is InChI=1S/C18H20N4O2S/c1-13-4-5-16(15-3-2-7-20-18(13)15)25(23,24)21-12-14-6-9-22-10-8-19-17(22)11-14/h2-5,7-8,10,14,21H,6,9,11-12H2,1H3.